The summed E-state index contributed by atoms with van der Waals surface area (Å²) in [5.41, 5.74) is 2.31. The second-order valence-corrected chi connectivity index (χ2v) is 2.38. The van der Waals surface area contributed by atoms with Gasteiger partial charge in [-0.25, -0.2) is 9.82 Å². The van der Waals surface area contributed by atoms with Crippen molar-refractivity contribution in [3.05, 3.63) is 11.5 Å². The van der Waals surface area contributed by atoms with E-state index in [1.807, 2.05) is 0 Å². The van der Waals surface area contributed by atoms with Gasteiger partial charge < -0.3 is 5.32 Å². The van der Waals surface area contributed by atoms with Gasteiger partial charge in [0.2, 0.25) is 11.0 Å². The lowest BCUT2D eigenvalue weighted by molar-refractivity contribution is -0.829. The van der Waals surface area contributed by atoms with Crippen molar-refractivity contribution in [3.8, 4) is 0 Å². The molecule has 1 heterocycles. The molecular weight excluding hydrogens is 180 g/mol. The predicted octanol–water partition coefficient (Wildman–Crippen LogP) is -0.0720. The highest BCUT2D eigenvalue weighted by atomic mass is 35.5. The summed E-state index contributed by atoms with van der Waals surface area (Å²) in [6, 6.07) is 0. The van der Waals surface area contributed by atoms with Crippen LogP contribution in [-0.2, 0) is 4.84 Å². The molecule has 1 aromatic rings. The van der Waals surface area contributed by atoms with E-state index in [9.17, 15) is 0 Å². The lowest BCUT2D eigenvalue weighted by atomic mass is 10.5. The molecular formula is C6H10ClN4O+. The number of nitrogens with one attached hydrogen (secondary N) is 1. The zero-order valence-electron chi connectivity index (χ0n) is 6.84. The van der Waals surface area contributed by atoms with E-state index in [1.54, 1.807) is 25.8 Å². The third-order valence-electron chi connectivity index (χ3n) is 1.27. The molecule has 1 aromatic heterocycles. The molecule has 0 amide bonds. The third kappa shape index (κ3) is 2.04. The summed E-state index contributed by atoms with van der Waals surface area (Å²) in [6.07, 6.45) is 1.59. The SMILES string of the molecule is CNc1nc(Cl)ncc1[NH2+]OC. The van der Waals surface area contributed by atoms with Crippen molar-refractivity contribution < 1.29 is 10.3 Å². The first-order valence-corrected chi connectivity index (χ1v) is 3.72. The molecule has 0 aliphatic heterocycles. The van der Waals surface area contributed by atoms with E-state index < -0.39 is 0 Å². The van der Waals surface area contributed by atoms with Gasteiger partial charge in [0.15, 0.2) is 5.82 Å². The van der Waals surface area contributed by atoms with Gasteiger partial charge in [0.05, 0.1) is 13.3 Å². The normalized spacial score (nSPS) is 9.92. The molecule has 0 atom stereocenters. The van der Waals surface area contributed by atoms with E-state index in [-0.39, 0.29) is 5.28 Å². The molecule has 66 valence electrons. The predicted molar refractivity (Wildman–Crippen MR) is 45.2 cm³/mol. The maximum absolute atomic E-state index is 5.58. The summed E-state index contributed by atoms with van der Waals surface area (Å²) in [4.78, 5) is 12.6. The number of nitrogens with zero attached hydrogens (tertiary/aromatic N) is 2. The van der Waals surface area contributed by atoms with Crippen LogP contribution in [0.4, 0.5) is 11.5 Å². The number of nitrogens with two attached hydrogens (primary N) is 1. The van der Waals surface area contributed by atoms with Crippen LogP contribution in [0.25, 0.3) is 0 Å². The van der Waals surface area contributed by atoms with Crippen molar-refractivity contribution in [2.24, 2.45) is 0 Å². The van der Waals surface area contributed by atoms with Crippen LogP contribution in [0.3, 0.4) is 0 Å². The minimum Gasteiger partial charge on any atom is -0.368 e. The van der Waals surface area contributed by atoms with Crippen LogP contribution in [0.5, 0.6) is 0 Å². The summed E-state index contributed by atoms with van der Waals surface area (Å²) in [6.45, 7) is 0. The van der Waals surface area contributed by atoms with E-state index in [2.05, 4.69) is 15.3 Å². The lowest BCUT2D eigenvalue weighted by Gasteiger charge is -2.02. The zero-order chi connectivity index (χ0) is 8.97. The Balaban J connectivity index is 2.94. The van der Waals surface area contributed by atoms with Crippen LogP contribution in [0.15, 0.2) is 6.20 Å². The Labute approximate surface area is 75.1 Å². The second-order valence-electron chi connectivity index (χ2n) is 2.05. The van der Waals surface area contributed by atoms with Gasteiger partial charge in [-0.2, -0.15) is 10.5 Å². The maximum atomic E-state index is 5.58. The van der Waals surface area contributed by atoms with E-state index in [0.29, 0.717) is 5.82 Å². The molecule has 0 radical (unpaired) electrons. The number of quaternary nitrogens is 1. The molecule has 12 heavy (non-hydrogen) atoms. The molecule has 6 heteroatoms. The molecule has 0 fully saturated rings. The summed E-state index contributed by atoms with van der Waals surface area (Å²) in [5, 5.41) is 3.09. The van der Waals surface area contributed by atoms with Gasteiger partial charge in [-0.3, -0.25) is 0 Å². The molecule has 0 bridgehead atoms. The van der Waals surface area contributed by atoms with Crippen LogP contribution < -0.4 is 10.8 Å². The Hall–Kier alpha value is -0.910. The monoisotopic (exact) mass is 189 g/mol. The largest absolute Gasteiger partial charge is 0.368 e. The van der Waals surface area contributed by atoms with Crippen molar-refractivity contribution in [2.75, 3.05) is 19.5 Å². The Bertz CT molecular complexity index is 268. The number of aromatic nitrogens is 2. The maximum Gasteiger partial charge on any atom is 0.224 e. The fourth-order valence-electron chi connectivity index (χ4n) is 0.783. The molecule has 0 aromatic carbocycles. The van der Waals surface area contributed by atoms with E-state index in [0.717, 1.165) is 5.69 Å². The Kier molecular flexibility index (Phi) is 3.21. The molecule has 0 unspecified atom stereocenters. The van der Waals surface area contributed by atoms with Crippen molar-refractivity contribution >= 4 is 23.1 Å². The molecule has 0 saturated heterocycles. The molecule has 1 rings (SSSR count). The summed E-state index contributed by atoms with van der Waals surface area (Å²) in [5.74, 6) is 0.650. The van der Waals surface area contributed by atoms with Crippen molar-refractivity contribution in [1.29, 1.82) is 0 Å². The number of halogens is 1. The van der Waals surface area contributed by atoms with E-state index >= 15 is 0 Å². The molecule has 3 N–H and O–H groups in total. The first-order valence-electron chi connectivity index (χ1n) is 3.34. The van der Waals surface area contributed by atoms with Gasteiger partial charge in [0.25, 0.3) is 0 Å². The number of anilines is 1. The van der Waals surface area contributed by atoms with Gasteiger partial charge in [-0.15, -0.1) is 0 Å². The van der Waals surface area contributed by atoms with Crippen LogP contribution >= 0.6 is 11.6 Å². The highest BCUT2D eigenvalue weighted by molar-refractivity contribution is 6.28. The van der Waals surface area contributed by atoms with Crippen molar-refractivity contribution in [2.45, 2.75) is 0 Å². The van der Waals surface area contributed by atoms with Gasteiger partial charge in [0, 0.05) is 7.05 Å². The average Bonchev–Trinajstić information content (AvgIpc) is 2.08. The number of hydrogen-bond donors (Lipinski definition) is 2. The Morgan fingerprint density at radius 1 is 1.67 bits per heavy atom. The first kappa shape index (κ1) is 9.18. The fraction of sp³-hybridized carbons (Fsp3) is 0.333. The molecule has 0 aliphatic carbocycles. The summed E-state index contributed by atoms with van der Waals surface area (Å²) >= 11 is 5.58. The number of rotatable bonds is 3. The van der Waals surface area contributed by atoms with Crippen LogP contribution in [0.2, 0.25) is 5.28 Å². The van der Waals surface area contributed by atoms with Crippen LogP contribution in [-0.4, -0.2) is 24.1 Å². The second kappa shape index (κ2) is 4.20. The Morgan fingerprint density at radius 3 is 3.00 bits per heavy atom. The topological polar surface area (TPSA) is 63.7 Å². The van der Waals surface area contributed by atoms with Crippen LogP contribution in [0.1, 0.15) is 0 Å². The van der Waals surface area contributed by atoms with Crippen molar-refractivity contribution in [1.82, 2.24) is 9.97 Å². The molecule has 0 spiro atoms. The third-order valence-corrected chi connectivity index (χ3v) is 1.45. The smallest absolute Gasteiger partial charge is 0.224 e. The van der Waals surface area contributed by atoms with Gasteiger partial charge in [-0.05, 0) is 11.6 Å². The standard InChI is InChI=1S/C6H9ClN4O/c1-8-5-4(11-12-2)3-9-6(7)10-5/h3,11H,1-2H3,(H,8,9,10)/p+1. The van der Waals surface area contributed by atoms with Crippen LogP contribution in [0, 0.1) is 0 Å². The minimum absolute atomic E-state index is 0.215. The quantitative estimate of drug-likeness (QED) is 0.516. The van der Waals surface area contributed by atoms with E-state index in [4.69, 9.17) is 16.4 Å². The minimum atomic E-state index is 0.215. The summed E-state index contributed by atoms with van der Waals surface area (Å²) in [7, 11) is 3.32. The first-order chi connectivity index (χ1) is 5.77. The zero-order valence-corrected chi connectivity index (χ0v) is 7.59. The molecule has 5 nitrogen and oxygen atoms in total. The van der Waals surface area contributed by atoms with Crippen molar-refractivity contribution in [3.63, 3.8) is 0 Å². The van der Waals surface area contributed by atoms with Gasteiger partial charge >= 0.3 is 0 Å². The molecule has 0 saturated carbocycles. The lowest BCUT2D eigenvalue weighted by Crippen LogP contribution is -2.76. The van der Waals surface area contributed by atoms with E-state index in [1.165, 1.54) is 0 Å². The molecule has 0 aliphatic rings. The van der Waals surface area contributed by atoms with Gasteiger partial charge in [0.1, 0.15) is 0 Å². The Morgan fingerprint density at radius 2 is 2.42 bits per heavy atom. The average molecular weight is 190 g/mol. The highest BCUT2D eigenvalue weighted by Crippen LogP contribution is 2.13. The highest BCUT2D eigenvalue weighted by Gasteiger charge is 2.07. The summed E-state index contributed by atoms with van der Waals surface area (Å²) < 4.78 is 0. The van der Waals surface area contributed by atoms with Gasteiger partial charge in [-0.1, -0.05) is 0 Å². The number of hydrogen-bond acceptors (Lipinski definition) is 4. The fourth-order valence-corrected chi connectivity index (χ4v) is 0.916.